The first-order valence-electron chi connectivity index (χ1n) is 10.2. The lowest BCUT2D eigenvalue weighted by molar-refractivity contribution is 0.102. The first-order valence-corrected chi connectivity index (χ1v) is 12.4. The Hall–Kier alpha value is -3.63. The summed E-state index contributed by atoms with van der Waals surface area (Å²) in [6, 6.07) is 13.8. The zero-order chi connectivity index (χ0) is 24.3. The number of halogens is 1. The lowest BCUT2D eigenvalue weighted by atomic mass is 10.2. The average molecular weight is 501 g/mol. The van der Waals surface area contributed by atoms with Gasteiger partial charge in [-0.05, 0) is 49.4 Å². The van der Waals surface area contributed by atoms with Gasteiger partial charge in [-0.3, -0.25) is 4.79 Å². The molecule has 9 nitrogen and oxygen atoms in total. The Morgan fingerprint density at radius 2 is 1.91 bits per heavy atom. The third-order valence-corrected chi connectivity index (χ3v) is 5.88. The number of nitrogens with one attached hydrogen (secondary N) is 1. The van der Waals surface area contributed by atoms with Crippen molar-refractivity contribution in [1.82, 2.24) is 9.97 Å². The number of carbonyl (C=O) groups excluding carboxylic acids is 1. The van der Waals surface area contributed by atoms with E-state index in [1.165, 1.54) is 6.20 Å². The highest BCUT2D eigenvalue weighted by atomic mass is 35.5. The number of hydrogen-bond acceptors (Lipinski definition) is 8. The molecule has 0 unspecified atom stereocenters. The second kappa shape index (κ2) is 9.70. The second-order valence-electron chi connectivity index (χ2n) is 7.57. The Labute approximate surface area is 201 Å². The van der Waals surface area contributed by atoms with E-state index in [0.717, 1.165) is 12.0 Å². The van der Waals surface area contributed by atoms with Gasteiger partial charge in [0.1, 0.15) is 17.3 Å². The van der Waals surface area contributed by atoms with Gasteiger partial charge in [-0.1, -0.05) is 17.7 Å². The molecule has 0 aliphatic rings. The third-order valence-electron chi connectivity index (χ3n) is 4.79. The van der Waals surface area contributed by atoms with E-state index in [4.69, 9.17) is 20.4 Å². The van der Waals surface area contributed by atoms with Gasteiger partial charge >= 0.3 is 0 Å². The molecular weight excluding hydrogens is 480 g/mol. The molecule has 0 aliphatic carbocycles. The van der Waals surface area contributed by atoms with Crippen LogP contribution in [-0.2, 0) is 22.9 Å². The average Bonchev–Trinajstić information content (AvgIpc) is 3.44. The van der Waals surface area contributed by atoms with Crippen molar-refractivity contribution in [2.45, 2.75) is 25.2 Å². The van der Waals surface area contributed by atoms with Gasteiger partial charge in [0, 0.05) is 17.0 Å². The highest BCUT2D eigenvalue weighted by Crippen LogP contribution is 2.26. The van der Waals surface area contributed by atoms with Crippen molar-refractivity contribution < 1.29 is 22.0 Å². The van der Waals surface area contributed by atoms with E-state index in [2.05, 4.69) is 15.3 Å². The minimum absolute atomic E-state index is 0.120. The number of anilines is 2. The zero-order valence-electron chi connectivity index (χ0n) is 18.4. The molecule has 3 heterocycles. The van der Waals surface area contributed by atoms with Crippen LogP contribution in [0.15, 0.2) is 75.0 Å². The molecule has 0 fully saturated rings. The fourth-order valence-corrected chi connectivity index (χ4v) is 3.96. The van der Waals surface area contributed by atoms with E-state index < -0.39 is 20.9 Å². The van der Waals surface area contributed by atoms with E-state index in [-0.39, 0.29) is 18.8 Å². The summed E-state index contributed by atoms with van der Waals surface area (Å²) < 4.78 is 35.5. The third kappa shape index (κ3) is 5.64. The highest BCUT2D eigenvalue weighted by Gasteiger charge is 2.25. The number of rotatable bonds is 8. The van der Waals surface area contributed by atoms with Crippen LogP contribution in [0.25, 0.3) is 0 Å². The number of hydrogen-bond donors (Lipinski definition) is 1. The molecule has 1 N–H and O–H groups in total. The van der Waals surface area contributed by atoms with Crippen LogP contribution in [0.1, 0.15) is 27.8 Å². The van der Waals surface area contributed by atoms with E-state index in [9.17, 15) is 13.2 Å². The summed E-state index contributed by atoms with van der Waals surface area (Å²) in [5.41, 5.74) is 0.616. The van der Waals surface area contributed by atoms with Crippen LogP contribution in [0, 0.1) is 6.92 Å². The first-order chi connectivity index (χ1) is 16.2. The molecular formula is C23H21ClN4O5S. The van der Waals surface area contributed by atoms with Gasteiger partial charge in [-0.15, -0.1) is 0 Å². The number of nitrogens with zero attached hydrogens (tertiary/aromatic N) is 3. The molecule has 3 aromatic heterocycles. The maximum Gasteiger partial charge on any atom is 0.276 e. The van der Waals surface area contributed by atoms with Gasteiger partial charge in [0.2, 0.25) is 15.0 Å². The van der Waals surface area contributed by atoms with Crippen LogP contribution in [-0.4, -0.2) is 30.5 Å². The Kier molecular flexibility index (Phi) is 6.71. The van der Waals surface area contributed by atoms with Crippen molar-refractivity contribution in [3.05, 3.63) is 89.0 Å². The maximum absolute atomic E-state index is 13.3. The standard InChI is InChI=1S/C23H21ClN4O5S/c1-15-8-9-19(33-15)14-28(13-18-7-4-10-32-18)20-12-25-23(34(2,30)31)27-21(20)22(29)26-17-6-3-5-16(24)11-17/h3-12H,13-14H2,1-2H3,(H,26,29). The Morgan fingerprint density at radius 1 is 1.12 bits per heavy atom. The van der Waals surface area contributed by atoms with Crippen molar-refractivity contribution in [2.24, 2.45) is 0 Å². The summed E-state index contributed by atoms with van der Waals surface area (Å²) in [6.45, 7) is 2.34. The minimum atomic E-state index is -3.77. The van der Waals surface area contributed by atoms with Crippen LogP contribution >= 0.6 is 11.6 Å². The van der Waals surface area contributed by atoms with E-state index >= 15 is 0 Å². The lowest BCUT2D eigenvalue weighted by Crippen LogP contribution is -2.27. The number of amides is 1. The number of aryl methyl sites for hydroxylation is 1. The Morgan fingerprint density at radius 3 is 2.56 bits per heavy atom. The highest BCUT2D eigenvalue weighted by molar-refractivity contribution is 7.90. The van der Waals surface area contributed by atoms with Crippen molar-refractivity contribution >= 4 is 38.7 Å². The molecule has 0 bridgehead atoms. The molecule has 0 radical (unpaired) electrons. The summed E-state index contributed by atoms with van der Waals surface area (Å²) in [5.74, 6) is 1.37. The zero-order valence-corrected chi connectivity index (χ0v) is 19.9. The first kappa shape index (κ1) is 23.5. The number of carbonyl (C=O) groups is 1. The molecule has 4 aromatic rings. The number of furan rings is 2. The van der Waals surface area contributed by atoms with Crippen molar-refractivity contribution in [1.29, 1.82) is 0 Å². The van der Waals surface area contributed by atoms with E-state index in [1.54, 1.807) is 47.6 Å². The number of benzene rings is 1. The molecule has 0 atom stereocenters. The molecule has 4 rings (SSSR count). The summed E-state index contributed by atoms with van der Waals surface area (Å²) in [6.07, 6.45) is 3.84. The molecule has 1 amide bonds. The smallest absolute Gasteiger partial charge is 0.276 e. The van der Waals surface area contributed by atoms with E-state index in [0.29, 0.717) is 27.9 Å². The van der Waals surface area contributed by atoms with Gasteiger partial charge in [0.25, 0.3) is 5.91 Å². The molecule has 0 aliphatic heterocycles. The molecule has 0 spiro atoms. The molecule has 0 saturated heterocycles. The fourth-order valence-electron chi connectivity index (χ4n) is 3.27. The molecule has 1 aromatic carbocycles. The van der Waals surface area contributed by atoms with Crippen LogP contribution in [0.4, 0.5) is 11.4 Å². The predicted molar refractivity (Wildman–Crippen MR) is 127 cm³/mol. The minimum Gasteiger partial charge on any atom is -0.467 e. The van der Waals surface area contributed by atoms with Crippen molar-refractivity contribution in [3.8, 4) is 0 Å². The molecule has 176 valence electrons. The summed E-state index contributed by atoms with van der Waals surface area (Å²) in [7, 11) is -3.77. The van der Waals surface area contributed by atoms with Crippen LogP contribution in [0.3, 0.4) is 0 Å². The van der Waals surface area contributed by atoms with Gasteiger partial charge < -0.3 is 19.1 Å². The van der Waals surface area contributed by atoms with Gasteiger partial charge in [-0.25, -0.2) is 18.4 Å². The predicted octanol–water partition coefficient (Wildman–Crippen LogP) is 4.49. The van der Waals surface area contributed by atoms with Gasteiger partial charge in [0.05, 0.1) is 31.2 Å². The van der Waals surface area contributed by atoms with Gasteiger partial charge in [-0.2, -0.15) is 0 Å². The monoisotopic (exact) mass is 500 g/mol. The molecule has 11 heteroatoms. The van der Waals surface area contributed by atoms with Crippen LogP contribution < -0.4 is 10.2 Å². The Bertz CT molecular complexity index is 1420. The van der Waals surface area contributed by atoms with E-state index in [1.807, 2.05) is 19.1 Å². The Balaban J connectivity index is 1.78. The van der Waals surface area contributed by atoms with Gasteiger partial charge in [0.15, 0.2) is 5.69 Å². The largest absolute Gasteiger partial charge is 0.467 e. The van der Waals surface area contributed by atoms with Crippen LogP contribution in [0.5, 0.6) is 0 Å². The number of aromatic nitrogens is 2. The summed E-state index contributed by atoms with van der Waals surface area (Å²) in [4.78, 5) is 23.2. The van der Waals surface area contributed by atoms with Crippen LogP contribution in [0.2, 0.25) is 5.02 Å². The normalized spacial score (nSPS) is 11.4. The summed E-state index contributed by atoms with van der Waals surface area (Å²) >= 11 is 6.03. The second-order valence-corrected chi connectivity index (χ2v) is 9.92. The topological polar surface area (TPSA) is 119 Å². The quantitative estimate of drug-likeness (QED) is 0.351. The SMILES string of the molecule is Cc1ccc(CN(Cc2ccco2)c2cnc(S(C)(=O)=O)nc2C(=O)Nc2cccc(Cl)c2)o1. The van der Waals surface area contributed by atoms with Crippen molar-refractivity contribution in [3.63, 3.8) is 0 Å². The molecule has 0 saturated carbocycles. The number of sulfone groups is 1. The lowest BCUT2D eigenvalue weighted by Gasteiger charge is -2.24. The molecule has 34 heavy (non-hydrogen) atoms. The fraction of sp³-hybridized carbons (Fsp3) is 0.174. The summed E-state index contributed by atoms with van der Waals surface area (Å²) in [5, 5.41) is 2.69. The van der Waals surface area contributed by atoms with Crippen molar-refractivity contribution in [2.75, 3.05) is 16.5 Å². The maximum atomic E-state index is 13.3.